The van der Waals surface area contributed by atoms with Crippen molar-refractivity contribution in [1.82, 2.24) is 35.3 Å². The number of fused-ring (bicyclic) bond motifs is 4. The van der Waals surface area contributed by atoms with E-state index in [2.05, 4.69) is 43.8 Å². The fourth-order valence-electron chi connectivity index (χ4n) is 7.93. The van der Waals surface area contributed by atoms with Crippen molar-refractivity contribution in [3.63, 3.8) is 0 Å². The zero-order valence-electron chi connectivity index (χ0n) is 25.4. The van der Waals surface area contributed by atoms with Crippen LogP contribution in [-0.4, -0.2) is 74.8 Å². The van der Waals surface area contributed by atoms with Gasteiger partial charge in [-0.1, -0.05) is 30.3 Å². The number of aromatic amines is 1. The smallest absolute Gasteiger partial charge is 0.314 e. The molecule has 3 aliphatic rings. The van der Waals surface area contributed by atoms with Gasteiger partial charge in [0.2, 0.25) is 5.91 Å². The number of nitrogens with one attached hydrogen (secondary N) is 3. The first kappa shape index (κ1) is 28.1. The van der Waals surface area contributed by atoms with Crippen LogP contribution in [0.25, 0.3) is 33.4 Å². The molecular weight excluding hydrogens is 554 g/mol. The highest BCUT2D eigenvalue weighted by molar-refractivity contribution is 6.16. The average Bonchev–Trinajstić information content (AvgIpc) is 3.67. The van der Waals surface area contributed by atoms with Gasteiger partial charge in [0.25, 0.3) is 0 Å². The lowest BCUT2D eigenvalue weighted by atomic mass is 9.66. The Labute approximate surface area is 256 Å². The number of amides is 3. The Bertz CT molecular complexity index is 1790. The van der Waals surface area contributed by atoms with Crippen LogP contribution >= 0.6 is 0 Å². The van der Waals surface area contributed by atoms with Crippen molar-refractivity contribution in [3.05, 3.63) is 54.5 Å². The average molecular weight is 592 g/mol. The molecule has 11 heteroatoms. The fourth-order valence-corrected chi connectivity index (χ4v) is 7.93. The number of hydrogen-bond donors (Lipinski definition) is 3. The molecular formula is C33H37N9O2. The van der Waals surface area contributed by atoms with Crippen molar-refractivity contribution in [2.75, 3.05) is 31.6 Å². The molecule has 2 aliphatic heterocycles. The second-order valence-electron chi connectivity index (χ2n) is 12.5. The number of nitrogens with zero attached hydrogens (tertiary/aromatic N) is 6. The van der Waals surface area contributed by atoms with Crippen LogP contribution in [0, 0.1) is 11.3 Å². The van der Waals surface area contributed by atoms with E-state index in [0.717, 1.165) is 57.5 Å². The van der Waals surface area contributed by atoms with E-state index in [0.29, 0.717) is 38.9 Å². The Morgan fingerprint density at radius 1 is 1.14 bits per heavy atom. The van der Waals surface area contributed by atoms with Gasteiger partial charge in [-0.15, -0.1) is 0 Å². The third-order valence-electron chi connectivity index (χ3n) is 10.0. The maximum atomic E-state index is 14.3. The molecule has 4 aromatic rings. The minimum atomic E-state index is -0.698. The number of rotatable bonds is 6. The van der Waals surface area contributed by atoms with E-state index in [1.54, 1.807) is 9.58 Å². The molecule has 1 spiro atoms. The third kappa shape index (κ3) is 4.19. The van der Waals surface area contributed by atoms with Crippen LogP contribution in [0.5, 0.6) is 0 Å². The van der Waals surface area contributed by atoms with Gasteiger partial charge in [-0.2, -0.15) is 10.4 Å². The number of hydrogen-bond acceptors (Lipinski definition) is 6. The third-order valence-corrected chi connectivity index (χ3v) is 10.0. The molecule has 1 aliphatic carbocycles. The van der Waals surface area contributed by atoms with Crippen LogP contribution in [0.15, 0.2) is 48.9 Å². The number of aromatic nitrogens is 4. The molecule has 44 heavy (non-hydrogen) atoms. The number of nitriles is 1. The van der Waals surface area contributed by atoms with E-state index in [9.17, 15) is 14.9 Å². The van der Waals surface area contributed by atoms with E-state index in [1.807, 2.05) is 57.8 Å². The van der Waals surface area contributed by atoms with Crippen molar-refractivity contribution in [1.29, 1.82) is 5.26 Å². The molecule has 226 valence electrons. The summed E-state index contributed by atoms with van der Waals surface area (Å²) >= 11 is 0. The van der Waals surface area contributed by atoms with Crippen molar-refractivity contribution >= 4 is 28.7 Å². The summed E-state index contributed by atoms with van der Waals surface area (Å²) in [6.07, 6.45) is 8.82. The number of piperidine rings is 1. The predicted molar refractivity (Wildman–Crippen MR) is 168 cm³/mol. The van der Waals surface area contributed by atoms with Crippen molar-refractivity contribution < 1.29 is 9.59 Å². The summed E-state index contributed by atoms with van der Waals surface area (Å²) in [6, 6.07) is 12.6. The summed E-state index contributed by atoms with van der Waals surface area (Å²) in [7, 11) is 3.76. The van der Waals surface area contributed by atoms with Crippen LogP contribution in [0.1, 0.15) is 44.6 Å². The topological polar surface area (TPSA) is 135 Å². The van der Waals surface area contributed by atoms with Crippen LogP contribution in [0.3, 0.4) is 0 Å². The van der Waals surface area contributed by atoms with Crippen LogP contribution in [-0.2, 0) is 17.3 Å². The maximum absolute atomic E-state index is 14.3. The van der Waals surface area contributed by atoms with Gasteiger partial charge < -0.3 is 20.5 Å². The molecule has 7 rings (SSSR count). The maximum Gasteiger partial charge on any atom is 0.314 e. The molecule has 3 aromatic heterocycles. The molecule has 3 amide bonds. The van der Waals surface area contributed by atoms with Crippen molar-refractivity contribution in [2.45, 2.75) is 56.0 Å². The molecule has 0 unspecified atom stereocenters. The standard InChI is InChI=1S/C33H37N9O2/c1-4-35-31(44)38-23-16-32(17-23,10-13-34)42-14-11-33(12-15-42)27-24(41(3)30(33)43)19-36-29-26(27)25(21-8-6-5-7-9-21)28(39-29)22-18-37-40(2)20-22/h5-9,18-20,23H,4,10-12,14-17H2,1-3H3,(H,36,39)(H2,35,38,44). The quantitative estimate of drug-likeness (QED) is 0.309. The molecule has 5 heterocycles. The molecule has 0 radical (unpaired) electrons. The molecule has 11 nitrogen and oxygen atoms in total. The first-order chi connectivity index (χ1) is 21.3. The Morgan fingerprint density at radius 2 is 1.89 bits per heavy atom. The van der Waals surface area contributed by atoms with E-state index in [1.165, 1.54) is 0 Å². The highest BCUT2D eigenvalue weighted by atomic mass is 16.2. The summed E-state index contributed by atoms with van der Waals surface area (Å²) in [5.41, 5.74) is 5.63. The Hall–Kier alpha value is -4.69. The number of anilines is 1. The first-order valence-electron chi connectivity index (χ1n) is 15.3. The minimum Gasteiger partial charge on any atom is -0.339 e. The van der Waals surface area contributed by atoms with E-state index < -0.39 is 5.41 Å². The molecule has 0 bridgehead atoms. The van der Waals surface area contributed by atoms with Gasteiger partial charge in [0.15, 0.2) is 0 Å². The van der Waals surface area contributed by atoms with Crippen LogP contribution < -0.4 is 15.5 Å². The van der Waals surface area contributed by atoms with Gasteiger partial charge in [0.05, 0.1) is 41.7 Å². The number of likely N-dealkylation sites (N-methyl/N-ethyl adjacent to an activating group) is 1. The van der Waals surface area contributed by atoms with Crippen molar-refractivity contribution in [3.8, 4) is 28.5 Å². The highest BCUT2D eigenvalue weighted by Crippen LogP contribution is 2.54. The Balaban J connectivity index is 1.28. The summed E-state index contributed by atoms with van der Waals surface area (Å²) in [4.78, 5) is 39.0. The number of carbonyl (C=O) groups excluding carboxylic acids is 2. The molecule has 1 aromatic carbocycles. The minimum absolute atomic E-state index is 0.0376. The summed E-state index contributed by atoms with van der Waals surface area (Å²) in [6.45, 7) is 3.85. The lowest BCUT2D eigenvalue weighted by molar-refractivity contribution is -0.126. The Kier molecular flexibility index (Phi) is 6.70. The molecule has 2 fully saturated rings. The fraction of sp³-hybridized carbons (Fsp3) is 0.424. The second-order valence-corrected chi connectivity index (χ2v) is 12.5. The number of benzene rings is 1. The summed E-state index contributed by atoms with van der Waals surface area (Å²) in [5.74, 6) is 0.100. The van der Waals surface area contributed by atoms with Gasteiger partial charge in [-0.05, 0) is 38.2 Å². The second kappa shape index (κ2) is 10.5. The molecule has 0 atom stereocenters. The van der Waals surface area contributed by atoms with E-state index >= 15 is 0 Å². The van der Waals surface area contributed by atoms with Gasteiger partial charge in [-0.3, -0.25) is 14.4 Å². The van der Waals surface area contributed by atoms with Crippen LogP contribution in [0.2, 0.25) is 0 Å². The van der Waals surface area contributed by atoms with Crippen molar-refractivity contribution in [2.24, 2.45) is 7.05 Å². The number of pyridine rings is 1. The lowest BCUT2D eigenvalue weighted by Gasteiger charge is -2.56. The largest absolute Gasteiger partial charge is 0.339 e. The van der Waals surface area contributed by atoms with Gasteiger partial charge in [-0.25, -0.2) is 9.78 Å². The monoisotopic (exact) mass is 591 g/mol. The lowest BCUT2D eigenvalue weighted by Crippen LogP contribution is -2.66. The number of urea groups is 1. The van der Waals surface area contributed by atoms with Crippen LogP contribution in [0.4, 0.5) is 10.5 Å². The number of likely N-dealkylation sites (tertiary alicyclic amines) is 1. The molecule has 3 N–H and O–H groups in total. The first-order valence-corrected chi connectivity index (χ1v) is 15.3. The normalized spacial score (nSPS) is 22.5. The summed E-state index contributed by atoms with van der Waals surface area (Å²) < 4.78 is 1.79. The highest BCUT2D eigenvalue weighted by Gasteiger charge is 2.56. The van der Waals surface area contributed by atoms with Gasteiger partial charge in [0, 0.05) is 73.6 Å². The Morgan fingerprint density at radius 3 is 2.55 bits per heavy atom. The predicted octanol–water partition coefficient (Wildman–Crippen LogP) is 4.07. The SMILES string of the molecule is CCNC(=O)NC1CC(CC#N)(N2CCC3(CC2)C(=O)N(C)c2cnc4[nH]c(-c5cnn(C)c5)c(-c5ccccc5)c4c23)C1. The number of carbonyl (C=O) groups is 2. The number of H-pyrrole nitrogens is 1. The van der Waals surface area contributed by atoms with E-state index in [4.69, 9.17) is 4.98 Å². The summed E-state index contributed by atoms with van der Waals surface area (Å²) in [5, 5.41) is 21.0. The zero-order valence-corrected chi connectivity index (χ0v) is 25.4. The van der Waals surface area contributed by atoms with Gasteiger partial charge >= 0.3 is 6.03 Å². The van der Waals surface area contributed by atoms with E-state index in [-0.39, 0.29) is 23.5 Å². The molecule has 1 saturated heterocycles. The number of aryl methyl sites for hydroxylation is 1. The van der Waals surface area contributed by atoms with Gasteiger partial charge in [0.1, 0.15) is 5.65 Å². The molecule has 1 saturated carbocycles. The zero-order chi connectivity index (χ0) is 30.6.